The summed E-state index contributed by atoms with van der Waals surface area (Å²) in [5, 5.41) is 0. The fourth-order valence-electron chi connectivity index (χ4n) is 2.29. The first-order chi connectivity index (χ1) is 7.84. The largest absolute Gasteiger partial charge is 0.295 e. The second-order valence-corrected chi connectivity index (χ2v) is 4.55. The van der Waals surface area contributed by atoms with E-state index >= 15 is 0 Å². The van der Waals surface area contributed by atoms with Crippen molar-refractivity contribution in [1.82, 2.24) is 0 Å². The van der Waals surface area contributed by atoms with Gasteiger partial charge in [0.15, 0.2) is 5.78 Å². The number of ketones is 1. The summed E-state index contributed by atoms with van der Waals surface area (Å²) in [4.78, 5) is 11.2. The molecule has 2 rings (SSSR count). The first kappa shape index (κ1) is 11.1. The summed E-state index contributed by atoms with van der Waals surface area (Å²) < 4.78 is 0. The van der Waals surface area contributed by atoms with Crippen molar-refractivity contribution in [3.63, 3.8) is 0 Å². The zero-order valence-corrected chi connectivity index (χ0v) is 9.56. The fraction of sp³-hybridized carbons (Fsp3) is 0.400. The number of benzene rings is 1. The van der Waals surface area contributed by atoms with E-state index in [2.05, 4.69) is 36.4 Å². The molecule has 1 atom stereocenters. The maximum absolute atomic E-state index is 11.2. The van der Waals surface area contributed by atoms with Crippen LogP contribution in [0.5, 0.6) is 0 Å². The van der Waals surface area contributed by atoms with Gasteiger partial charge in [-0.1, -0.05) is 36.4 Å². The maximum Gasteiger partial charge on any atom is 0.155 e. The number of rotatable bonds is 2. The molecule has 1 aliphatic carbocycles. The monoisotopic (exact) mass is 214 g/mol. The van der Waals surface area contributed by atoms with Crippen molar-refractivity contribution in [2.45, 2.75) is 32.1 Å². The minimum Gasteiger partial charge on any atom is -0.295 e. The van der Waals surface area contributed by atoms with Gasteiger partial charge in [-0.05, 0) is 43.2 Å². The van der Waals surface area contributed by atoms with Gasteiger partial charge in [0.1, 0.15) is 0 Å². The van der Waals surface area contributed by atoms with Crippen LogP contribution in [-0.2, 0) is 11.2 Å². The Bertz CT molecular complexity index is 364. The van der Waals surface area contributed by atoms with Gasteiger partial charge in [-0.25, -0.2) is 0 Å². The van der Waals surface area contributed by atoms with E-state index in [1.807, 2.05) is 0 Å². The van der Waals surface area contributed by atoms with Crippen molar-refractivity contribution < 1.29 is 4.79 Å². The van der Waals surface area contributed by atoms with Crippen molar-refractivity contribution in [3.8, 4) is 0 Å². The van der Waals surface area contributed by atoms with E-state index in [9.17, 15) is 4.79 Å². The van der Waals surface area contributed by atoms with Crippen LogP contribution < -0.4 is 0 Å². The lowest BCUT2D eigenvalue weighted by Crippen LogP contribution is -2.07. The lowest BCUT2D eigenvalue weighted by atomic mass is 9.89. The van der Waals surface area contributed by atoms with E-state index in [1.54, 1.807) is 6.08 Å². The van der Waals surface area contributed by atoms with Crippen molar-refractivity contribution in [2.75, 3.05) is 0 Å². The molecule has 0 radical (unpaired) electrons. The van der Waals surface area contributed by atoms with E-state index in [0.29, 0.717) is 5.92 Å². The topological polar surface area (TPSA) is 17.1 Å². The zero-order chi connectivity index (χ0) is 11.2. The van der Waals surface area contributed by atoms with Crippen molar-refractivity contribution in [3.05, 3.63) is 48.0 Å². The van der Waals surface area contributed by atoms with Crippen LogP contribution in [0.3, 0.4) is 0 Å². The SMILES string of the molecule is O=C1/C=C\CC(Cc2ccccc2)CCC1. The maximum atomic E-state index is 11.2. The highest BCUT2D eigenvalue weighted by Crippen LogP contribution is 2.21. The Morgan fingerprint density at radius 3 is 2.81 bits per heavy atom. The number of carbonyl (C=O) groups is 1. The second kappa shape index (κ2) is 5.64. The van der Waals surface area contributed by atoms with Crippen LogP contribution in [-0.4, -0.2) is 5.78 Å². The molecule has 0 aromatic heterocycles. The summed E-state index contributed by atoms with van der Waals surface area (Å²) in [6.07, 6.45) is 8.93. The third-order valence-corrected chi connectivity index (χ3v) is 3.18. The van der Waals surface area contributed by atoms with Crippen LogP contribution in [0.2, 0.25) is 0 Å². The lowest BCUT2D eigenvalue weighted by molar-refractivity contribution is -0.114. The molecule has 0 amide bonds. The summed E-state index contributed by atoms with van der Waals surface area (Å²) in [5.41, 5.74) is 1.41. The van der Waals surface area contributed by atoms with E-state index in [-0.39, 0.29) is 5.78 Å². The summed E-state index contributed by atoms with van der Waals surface area (Å²) in [6, 6.07) is 10.6. The van der Waals surface area contributed by atoms with Gasteiger partial charge in [-0.2, -0.15) is 0 Å². The normalized spacial score (nSPS) is 23.5. The Morgan fingerprint density at radius 1 is 1.19 bits per heavy atom. The van der Waals surface area contributed by atoms with E-state index in [1.165, 1.54) is 12.0 Å². The minimum atomic E-state index is 0.290. The molecule has 0 saturated carbocycles. The first-order valence-electron chi connectivity index (χ1n) is 6.08. The third-order valence-electron chi connectivity index (χ3n) is 3.18. The Morgan fingerprint density at radius 2 is 2.00 bits per heavy atom. The van der Waals surface area contributed by atoms with Gasteiger partial charge in [0.25, 0.3) is 0 Å². The van der Waals surface area contributed by atoms with Crippen LogP contribution in [0.15, 0.2) is 42.5 Å². The van der Waals surface area contributed by atoms with Gasteiger partial charge in [0.2, 0.25) is 0 Å². The van der Waals surface area contributed by atoms with Crippen LogP contribution in [0, 0.1) is 5.92 Å². The standard InChI is InChI=1S/C15H18O/c16-15-10-4-8-14(9-5-11-15)12-13-6-2-1-3-7-13/h1-4,6-7,10,14H,5,8-9,11-12H2/b10-4-. The van der Waals surface area contributed by atoms with E-state index in [4.69, 9.17) is 0 Å². The first-order valence-corrected chi connectivity index (χ1v) is 6.08. The lowest BCUT2D eigenvalue weighted by Gasteiger charge is -2.16. The van der Waals surface area contributed by atoms with Crippen LogP contribution in [0.4, 0.5) is 0 Å². The molecule has 0 spiro atoms. The molecule has 0 heterocycles. The Kier molecular flexibility index (Phi) is 3.92. The van der Waals surface area contributed by atoms with Crippen LogP contribution >= 0.6 is 0 Å². The van der Waals surface area contributed by atoms with Gasteiger partial charge >= 0.3 is 0 Å². The molecule has 84 valence electrons. The van der Waals surface area contributed by atoms with Gasteiger partial charge in [0.05, 0.1) is 0 Å². The number of carbonyl (C=O) groups excluding carboxylic acids is 1. The van der Waals surface area contributed by atoms with Crippen molar-refractivity contribution in [2.24, 2.45) is 5.92 Å². The number of hydrogen-bond donors (Lipinski definition) is 0. The minimum absolute atomic E-state index is 0.290. The van der Waals surface area contributed by atoms with Gasteiger partial charge < -0.3 is 0 Å². The fourth-order valence-corrected chi connectivity index (χ4v) is 2.29. The van der Waals surface area contributed by atoms with Crippen molar-refractivity contribution >= 4 is 5.78 Å². The molecule has 1 unspecified atom stereocenters. The molecule has 1 aliphatic rings. The van der Waals surface area contributed by atoms with Gasteiger partial charge in [0, 0.05) is 6.42 Å². The molecule has 16 heavy (non-hydrogen) atoms. The average Bonchev–Trinajstić information content (AvgIpc) is 2.27. The average molecular weight is 214 g/mol. The highest BCUT2D eigenvalue weighted by molar-refractivity contribution is 5.89. The number of allylic oxidation sites excluding steroid dienone is 2. The zero-order valence-electron chi connectivity index (χ0n) is 9.56. The molecule has 0 saturated heterocycles. The van der Waals surface area contributed by atoms with E-state index in [0.717, 1.165) is 25.7 Å². The van der Waals surface area contributed by atoms with Gasteiger partial charge in [-0.15, -0.1) is 0 Å². The molecule has 0 bridgehead atoms. The Labute approximate surface area is 97.2 Å². The molecular weight excluding hydrogens is 196 g/mol. The summed E-state index contributed by atoms with van der Waals surface area (Å²) in [5.74, 6) is 0.991. The Balaban J connectivity index is 1.95. The highest BCUT2D eigenvalue weighted by atomic mass is 16.1. The summed E-state index contributed by atoms with van der Waals surface area (Å²) >= 11 is 0. The third kappa shape index (κ3) is 3.34. The predicted octanol–water partition coefficient (Wildman–Crippen LogP) is 3.54. The molecule has 1 aromatic rings. The molecule has 1 nitrogen and oxygen atoms in total. The Hall–Kier alpha value is -1.37. The number of hydrogen-bond acceptors (Lipinski definition) is 1. The predicted molar refractivity (Wildman–Crippen MR) is 66.3 cm³/mol. The molecular formula is C15H18O. The molecule has 1 heteroatoms. The van der Waals surface area contributed by atoms with Crippen LogP contribution in [0.1, 0.15) is 31.2 Å². The highest BCUT2D eigenvalue weighted by Gasteiger charge is 2.11. The van der Waals surface area contributed by atoms with E-state index < -0.39 is 0 Å². The quantitative estimate of drug-likeness (QED) is 0.736. The molecule has 0 N–H and O–H groups in total. The smallest absolute Gasteiger partial charge is 0.155 e. The van der Waals surface area contributed by atoms with Gasteiger partial charge in [-0.3, -0.25) is 4.79 Å². The summed E-state index contributed by atoms with van der Waals surface area (Å²) in [6.45, 7) is 0. The molecule has 1 aromatic carbocycles. The van der Waals surface area contributed by atoms with Crippen molar-refractivity contribution in [1.29, 1.82) is 0 Å². The second-order valence-electron chi connectivity index (χ2n) is 4.55. The summed E-state index contributed by atoms with van der Waals surface area (Å²) in [7, 11) is 0. The van der Waals surface area contributed by atoms with Crippen LogP contribution in [0.25, 0.3) is 0 Å². The molecule has 0 aliphatic heterocycles. The molecule has 0 fully saturated rings.